The molecular formula is C12H17NS. The molecule has 1 unspecified atom stereocenters. The van der Waals surface area contributed by atoms with Crippen LogP contribution in [0.3, 0.4) is 0 Å². The maximum absolute atomic E-state index is 3.49. The predicted octanol–water partition coefficient (Wildman–Crippen LogP) is 2.49. The van der Waals surface area contributed by atoms with E-state index < -0.39 is 0 Å². The molecule has 0 spiro atoms. The van der Waals surface area contributed by atoms with Crippen molar-refractivity contribution in [2.24, 2.45) is 0 Å². The second-order valence-electron chi connectivity index (χ2n) is 4.54. The van der Waals surface area contributed by atoms with Gasteiger partial charge in [0.1, 0.15) is 0 Å². The highest BCUT2D eigenvalue weighted by atomic mass is 32.1. The van der Waals surface area contributed by atoms with Crippen LogP contribution >= 0.6 is 11.3 Å². The molecule has 0 saturated heterocycles. The summed E-state index contributed by atoms with van der Waals surface area (Å²) in [5.74, 6) is 0.842. The van der Waals surface area contributed by atoms with E-state index >= 15 is 0 Å². The SMILES string of the molecule is CC1CCc2c1sc1c2CCNCC1. The van der Waals surface area contributed by atoms with E-state index in [9.17, 15) is 0 Å². The average Bonchev–Trinajstić information content (AvgIpc) is 2.60. The fourth-order valence-corrected chi connectivity index (χ4v) is 4.26. The van der Waals surface area contributed by atoms with Crippen molar-refractivity contribution in [3.05, 3.63) is 20.9 Å². The van der Waals surface area contributed by atoms with Gasteiger partial charge in [0.2, 0.25) is 0 Å². The third-order valence-electron chi connectivity index (χ3n) is 3.59. The highest BCUT2D eigenvalue weighted by Crippen LogP contribution is 2.42. The van der Waals surface area contributed by atoms with E-state index in [0.717, 1.165) is 5.92 Å². The molecular weight excluding hydrogens is 190 g/mol. The second-order valence-corrected chi connectivity index (χ2v) is 5.67. The molecule has 0 aromatic carbocycles. The first kappa shape index (κ1) is 8.93. The zero-order chi connectivity index (χ0) is 9.54. The smallest absolute Gasteiger partial charge is 0.0111 e. The van der Waals surface area contributed by atoms with Crippen molar-refractivity contribution < 1.29 is 0 Å². The van der Waals surface area contributed by atoms with Gasteiger partial charge in [-0.15, -0.1) is 11.3 Å². The largest absolute Gasteiger partial charge is 0.316 e. The lowest BCUT2D eigenvalue weighted by molar-refractivity contribution is 0.710. The van der Waals surface area contributed by atoms with E-state index in [1.54, 1.807) is 20.9 Å². The minimum atomic E-state index is 0.842. The first-order valence-corrected chi connectivity index (χ1v) is 6.52. The summed E-state index contributed by atoms with van der Waals surface area (Å²) in [6, 6.07) is 0. The first-order chi connectivity index (χ1) is 6.86. The predicted molar refractivity (Wildman–Crippen MR) is 61.3 cm³/mol. The summed E-state index contributed by atoms with van der Waals surface area (Å²) in [5, 5.41) is 3.49. The van der Waals surface area contributed by atoms with Crippen LogP contribution in [0.5, 0.6) is 0 Å². The number of fused-ring (bicyclic) bond motifs is 3. The van der Waals surface area contributed by atoms with Gasteiger partial charge in [0.05, 0.1) is 0 Å². The van der Waals surface area contributed by atoms with Crippen molar-refractivity contribution in [3.8, 4) is 0 Å². The summed E-state index contributed by atoms with van der Waals surface area (Å²) in [6.45, 7) is 4.76. The Morgan fingerprint density at radius 1 is 1.14 bits per heavy atom. The van der Waals surface area contributed by atoms with Gasteiger partial charge in [0.25, 0.3) is 0 Å². The van der Waals surface area contributed by atoms with Crippen LogP contribution in [0.2, 0.25) is 0 Å². The van der Waals surface area contributed by atoms with Gasteiger partial charge < -0.3 is 5.32 Å². The Balaban J connectivity index is 2.06. The van der Waals surface area contributed by atoms with Crippen molar-refractivity contribution in [3.63, 3.8) is 0 Å². The van der Waals surface area contributed by atoms with Gasteiger partial charge >= 0.3 is 0 Å². The molecule has 0 bridgehead atoms. The van der Waals surface area contributed by atoms with E-state index in [2.05, 4.69) is 23.6 Å². The zero-order valence-corrected chi connectivity index (χ0v) is 9.54. The minimum absolute atomic E-state index is 0.842. The van der Waals surface area contributed by atoms with Crippen LogP contribution in [0.1, 0.15) is 40.1 Å². The van der Waals surface area contributed by atoms with Crippen LogP contribution < -0.4 is 5.32 Å². The monoisotopic (exact) mass is 207 g/mol. The standard InChI is InChI=1S/C12H17NS/c1-8-2-3-10-9-4-6-13-7-5-11(9)14-12(8)10/h8,13H,2-7H2,1H3. The lowest BCUT2D eigenvalue weighted by Crippen LogP contribution is -2.16. The maximum atomic E-state index is 3.49. The van der Waals surface area contributed by atoms with Crippen molar-refractivity contribution in [2.45, 2.75) is 38.5 Å². The molecule has 1 N–H and O–H groups in total. The maximum Gasteiger partial charge on any atom is 0.0111 e. The quantitative estimate of drug-likeness (QED) is 0.689. The Morgan fingerprint density at radius 2 is 2.00 bits per heavy atom. The average molecular weight is 207 g/mol. The summed E-state index contributed by atoms with van der Waals surface area (Å²) >= 11 is 2.11. The van der Waals surface area contributed by atoms with E-state index in [-0.39, 0.29) is 0 Å². The van der Waals surface area contributed by atoms with Gasteiger partial charge in [-0.05, 0) is 55.8 Å². The molecule has 14 heavy (non-hydrogen) atoms. The molecule has 3 rings (SSSR count). The number of nitrogens with one attached hydrogen (secondary N) is 1. The Hall–Kier alpha value is -0.340. The van der Waals surface area contributed by atoms with E-state index in [0.29, 0.717) is 0 Å². The second kappa shape index (κ2) is 3.35. The van der Waals surface area contributed by atoms with Gasteiger partial charge in [-0.1, -0.05) is 6.92 Å². The molecule has 2 heterocycles. The van der Waals surface area contributed by atoms with Gasteiger partial charge in [-0.2, -0.15) is 0 Å². The molecule has 1 atom stereocenters. The molecule has 0 amide bonds. The molecule has 1 aromatic heterocycles. The zero-order valence-electron chi connectivity index (χ0n) is 8.73. The van der Waals surface area contributed by atoms with Crippen LogP contribution in [0.15, 0.2) is 0 Å². The number of hydrogen-bond acceptors (Lipinski definition) is 2. The van der Waals surface area contributed by atoms with Crippen LogP contribution in [-0.4, -0.2) is 13.1 Å². The molecule has 1 aromatic rings. The third-order valence-corrected chi connectivity index (χ3v) is 5.15. The topological polar surface area (TPSA) is 12.0 Å². The molecule has 1 aliphatic heterocycles. The Kier molecular flexibility index (Phi) is 2.14. The summed E-state index contributed by atoms with van der Waals surface area (Å²) in [5.41, 5.74) is 3.46. The number of hydrogen-bond donors (Lipinski definition) is 1. The lowest BCUT2D eigenvalue weighted by atomic mass is 10.1. The third kappa shape index (κ3) is 1.24. The summed E-state index contributed by atoms with van der Waals surface area (Å²) in [7, 11) is 0. The molecule has 0 saturated carbocycles. The minimum Gasteiger partial charge on any atom is -0.316 e. The van der Waals surface area contributed by atoms with Crippen LogP contribution in [-0.2, 0) is 19.3 Å². The number of thiophene rings is 1. The van der Waals surface area contributed by atoms with Gasteiger partial charge in [-0.3, -0.25) is 0 Å². The van der Waals surface area contributed by atoms with E-state index in [1.165, 1.54) is 38.8 Å². The molecule has 1 nitrogen and oxygen atoms in total. The highest BCUT2D eigenvalue weighted by molar-refractivity contribution is 7.12. The fraction of sp³-hybridized carbons (Fsp3) is 0.667. The highest BCUT2D eigenvalue weighted by Gasteiger charge is 2.26. The fourth-order valence-electron chi connectivity index (χ4n) is 2.77. The van der Waals surface area contributed by atoms with Crippen molar-refractivity contribution in [1.29, 1.82) is 0 Å². The summed E-state index contributed by atoms with van der Waals surface area (Å²) in [4.78, 5) is 3.41. The van der Waals surface area contributed by atoms with Crippen LogP contribution in [0.4, 0.5) is 0 Å². The van der Waals surface area contributed by atoms with Gasteiger partial charge in [0, 0.05) is 9.75 Å². The summed E-state index contributed by atoms with van der Waals surface area (Å²) < 4.78 is 0. The van der Waals surface area contributed by atoms with Crippen LogP contribution in [0, 0.1) is 0 Å². The molecule has 2 heteroatoms. The van der Waals surface area contributed by atoms with E-state index in [4.69, 9.17) is 0 Å². The van der Waals surface area contributed by atoms with E-state index in [1.807, 2.05) is 0 Å². The number of rotatable bonds is 0. The molecule has 1 aliphatic carbocycles. The molecule has 0 radical (unpaired) electrons. The summed E-state index contributed by atoms with van der Waals surface area (Å²) in [6.07, 6.45) is 5.28. The normalized spacial score (nSPS) is 25.6. The lowest BCUT2D eigenvalue weighted by Gasteiger charge is -2.00. The molecule has 76 valence electrons. The van der Waals surface area contributed by atoms with Crippen LogP contribution in [0.25, 0.3) is 0 Å². The Labute approximate surface area is 89.5 Å². The Bertz CT molecular complexity index is 353. The van der Waals surface area contributed by atoms with Crippen molar-refractivity contribution in [2.75, 3.05) is 13.1 Å². The van der Waals surface area contributed by atoms with Gasteiger partial charge in [0.15, 0.2) is 0 Å². The Morgan fingerprint density at radius 3 is 2.93 bits per heavy atom. The first-order valence-electron chi connectivity index (χ1n) is 5.70. The molecule has 0 fully saturated rings. The molecule has 2 aliphatic rings. The van der Waals surface area contributed by atoms with Crippen molar-refractivity contribution >= 4 is 11.3 Å². The van der Waals surface area contributed by atoms with Crippen molar-refractivity contribution in [1.82, 2.24) is 5.32 Å². The van der Waals surface area contributed by atoms with Gasteiger partial charge in [-0.25, -0.2) is 0 Å².